The molecule has 0 nitrogen and oxygen atoms in total. The van der Waals surface area contributed by atoms with Crippen molar-refractivity contribution >= 4 is 23.2 Å². The highest BCUT2D eigenvalue weighted by molar-refractivity contribution is 6.42. The maximum Gasteiger partial charge on any atom is 0.418 e. The van der Waals surface area contributed by atoms with Gasteiger partial charge in [0.25, 0.3) is 0 Å². The molecule has 0 radical (unpaired) electrons. The van der Waals surface area contributed by atoms with E-state index in [0.29, 0.717) is 6.07 Å². The van der Waals surface area contributed by atoms with Gasteiger partial charge in [-0.05, 0) is 12.1 Å². The molecule has 0 aromatic heterocycles. The lowest BCUT2D eigenvalue weighted by Gasteiger charge is -2.17. The van der Waals surface area contributed by atoms with Crippen molar-refractivity contribution in [1.82, 2.24) is 0 Å². The van der Waals surface area contributed by atoms with Crippen LogP contribution in [-0.4, -0.2) is 0 Å². The molecular weight excluding hydrogens is 281 g/mol. The molecule has 0 spiro atoms. The predicted octanol–water partition coefficient (Wildman–Crippen LogP) is 5.03. The van der Waals surface area contributed by atoms with Crippen LogP contribution in [0, 0.1) is 0 Å². The number of hydrogen-bond acceptors (Lipinski definition) is 0. The van der Waals surface area contributed by atoms with E-state index in [1.165, 1.54) is 0 Å². The highest BCUT2D eigenvalue weighted by atomic mass is 35.5. The molecule has 1 aromatic carbocycles. The average Bonchev–Trinajstić information content (AvgIpc) is 2.05. The van der Waals surface area contributed by atoms with Gasteiger partial charge < -0.3 is 0 Å². The zero-order valence-corrected chi connectivity index (χ0v) is 8.69. The minimum absolute atomic E-state index is 0.247. The molecule has 16 heavy (non-hydrogen) atoms. The molecule has 0 heterocycles. The number of hydrogen-bond donors (Lipinski definition) is 0. The molecule has 8 heteroatoms. The van der Waals surface area contributed by atoms with Gasteiger partial charge in [0, 0.05) is 0 Å². The number of halogens is 8. The van der Waals surface area contributed by atoms with Crippen molar-refractivity contribution < 1.29 is 26.3 Å². The first-order valence-corrected chi connectivity index (χ1v) is 4.43. The van der Waals surface area contributed by atoms with E-state index >= 15 is 0 Å². The Hall–Kier alpha value is -0.620. The van der Waals surface area contributed by atoms with E-state index in [4.69, 9.17) is 23.2 Å². The molecule has 0 aliphatic rings. The van der Waals surface area contributed by atoms with Crippen LogP contribution in [0.2, 0.25) is 10.0 Å². The zero-order chi connectivity index (χ0) is 12.7. The van der Waals surface area contributed by atoms with Gasteiger partial charge in [-0.15, -0.1) is 0 Å². The van der Waals surface area contributed by atoms with Crippen molar-refractivity contribution in [2.75, 3.05) is 0 Å². The van der Waals surface area contributed by atoms with Gasteiger partial charge in [0.05, 0.1) is 21.2 Å². The van der Waals surface area contributed by atoms with E-state index < -0.39 is 33.5 Å². The molecule has 0 aliphatic carbocycles. The van der Waals surface area contributed by atoms with Crippen LogP contribution in [0.3, 0.4) is 0 Å². The number of alkyl halides is 6. The Balaban J connectivity index is 3.59. The largest absolute Gasteiger partial charge is 0.418 e. The fraction of sp³-hybridized carbons (Fsp3) is 0.250. The quantitative estimate of drug-likeness (QED) is 0.586. The summed E-state index contributed by atoms with van der Waals surface area (Å²) >= 11 is 10.4. The van der Waals surface area contributed by atoms with E-state index in [0.717, 1.165) is 0 Å². The monoisotopic (exact) mass is 282 g/mol. The molecule has 0 saturated carbocycles. The van der Waals surface area contributed by atoms with Crippen molar-refractivity contribution in [3.63, 3.8) is 0 Å². The second-order valence-corrected chi connectivity index (χ2v) is 3.56. The van der Waals surface area contributed by atoms with Crippen LogP contribution in [-0.2, 0) is 12.4 Å². The summed E-state index contributed by atoms with van der Waals surface area (Å²) in [6.07, 6.45) is -10.4. The van der Waals surface area contributed by atoms with Crippen molar-refractivity contribution in [1.29, 1.82) is 0 Å². The van der Waals surface area contributed by atoms with Gasteiger partial charge >= 0.3 is 12.4 Å². The summed E-state index contributed by atoms with van der Waals surface area (Å²) < 4.78 is 74.0. The molecule has 90 valence electrons. The van der Waals surface area contributed by atoms with Crippen LogP contribution < -0.4 is 0 Å². The summed E-state index contributed by atoms with van der Waals surface area (Å²) in [7, 11) is 0. The van der Waals surface area contributed by atoms with E-state index in [1.54, 1.807) is 0 Å². The van der Waals surface area contributed by atoms with Crippen molar-refractivity contribution in [3.05, 3.63) is 33.3 Å². The lowest BCUT2D eigenvalue weighted by Crippen LogP contribution is -2.17. The molecular formula is C8H2Cl2F6. The van der Waals surface area contributed by atoms with Crippen LogP contribution in [0.5, 0.6) is 0 Å². The first kappa shape index (κ1) is 13.4. The first-order chi connectivity index (χ1) is 7.05. The Labute approximate surface area is 95.8 Å². The molecule has 0 fully saturated rings. The van der Waals surface area contributed by atoms with Gasteiger partial charge in [-0.2, -0.15) is 26.3 Å². The maximum atomic E-state index is 12.4. The van der Waals surface area contributed by atoms with Gasteiger partial charge in [-0.25, -0.2) is 0 Å². The number of benzene rings is 1. The Morgan fingerprint density at radius 1 is 0.812 bits per heavy atom. The third-order valence-electron chi connectivity index (χ3n) is 1.68. The average molecular weight is 283 g/mol. The molecule has 0 saturated heterocycles. The minimum Gasteiger partial charge on any atom is -0.166 e. The summed E-state index contributed by atoms with van der Waals surface area (Å²) in [5.74, 6) is 0. The third kappa shape index (κ3) is 2.55. The lowest BCUT2D eigenvalue weighted by atomic mass is 10.1. The lowest BCUT2D eigenvalue weighted by molar-refractivity contribution is -0.162. The summed E-state index contributed by atoms with van der Waals surface area (Å²) in [5.41, 5.74) is -3.82. The molecule has 0 N–H and O–H groups in total. The number of rotatable bonds is 0. The van der Waals surface area contributed by atoms with Crippen LogP contribution in [0.1, 0.15) is 11.1 Å². The molecule has 0 aliphatic heterocycles. The zero-order valence-electron chi connectivity index (χ0n) is 7.18. The summed E-state index contributed by atoms with van der Waals surface area (Å²) in [4.78, 5) is 0. The maximum absolute atomic E-state index is 12.4. The van der Waals surface area contributed by atoms with Crippen LogP contribution >= 0.6 is 23.2 Å². The highest BCUT2D eigenvalue weighted by Gasteiger charge is 2.45. The molecule has 0 unspecified atom stereocenters. The van der Waals surface area contributed by atoms with Crippen molar-refractivity contribution in [2.24, 2.45) is 0 Å². The first-order valence-electron chi connectivity index (χ1n) is 3.67. The van der Waals surface area contributed by atoms with Crippen LogP contribution in [0.25, 0.3) is 0 Å². The van der Waals surface area contributed by atoms with Crippen molar-refractivity contribution in [2.45, 2.75) is 12.4 Å². The summed E-state index contributed by atoms with van der Waals surface area (Å²) in [6.45, 7) is 0. The molecule has 1 aromatic rings. The van der Waals surface area contributed by atoms with Gasteiger partial charge in [0.15, 0.2) is 0 Å². The van der Waals surface area contributed by atoms with E-state index in [2.05, 4.69) is 0 Å². The van der Waals surface area contributed by atoms with Gasteiger partial charge in [-0.1, -0.05) is 23.2 Å². The normalized spacial score (nSPS) is 13.0. The third-order valence-corrected chi connectivity index (χ3v) is 2.49. The Morgan fingerprint density at radius 3 is 1.69 bits per heavy atom. The van der Waals surface area contributed by atoms with Crippen molar-refractivity contribution in [3.8, 4) is 0 Å². The molecule has 0 bridgehead atoms. The highest BCUT2D eigenvalue weighted by Crippen LogP contribution is 2.45. The topological polar surface area (TPSA) is 0 Å². The van der Waals surface area contributed by atoms with E-state index in [-0.39, 0.29) is 6.07 Å². The second kappa shape index (κ2) is 4.00. The summed E-state index contributed by atoms with van der Waals surface area (Å²) in [6, 6.07) is 0.916. The Bertz CT molecular complexity index is 406. The van der Waals surface area contributed by atoms with Gasteiger partial charge in [0.1, 0.15) is 0 Å². The molecule has 1 rings (SSSR count). The minimum atomic E-state index is -5.22. The SMILES string of the molecule is FC(F)(F)c1ccc(Cl)c(Cl)c1C(F)(F)F. The van der Waals surface area contributed by atoms with Gasteiger partial charge in [0.2, 0.25) is 0 Å². The van der Waals surface area contributed by atoms with Gasteiger partial charge in [-0.3, -0.25) is 0 Å². The second-order valence-electron chi connectivity index (χ2n) is 2.78. The smallest absolute Gasteiger partial charge is 0.166 e. The standard InChI is InChI=1S/C8H2Cl2F6/c9-4-2-1-3(7(11,12)13)5(6(4)10)8(14,15)16/h1-2H. The fourth-order valence-corrected chi connectivity index (χ4v) is 1.49. The molecule has 0 atom stereocenters. The van der Waals surface area contributed by atoms with E-state index in [9.17, 15) is 26.3 Å². The Kier molecular flexibility index (Phi) is 3.36. The van der Waals surface area contributed by atoms with Crippen LogP contribution in [0.15, 0.2) is 12.1 Å². The summed E-state index contributed by atoms with van der Waals surface area (Å²) in [5, 5.41) is -1.73. The predicted molar refractivity (Wildman–Crippen MR) is 46.5 cm³/mol. The Morgan fingerprint density at radius 2 is 1.31 bits per heavy atom. The van der Waals surface area contributed by atoms with Crippen LogP contribution in [0.4, 0.5) is 26.3 Å². The molecule has 0 amide bonds. The van der Waals surface area contributed by atoms with E-state index in [1.807, 2.05) is 0 Å². The fourth-order valence-electron chi connectivity index (χ4n) is 1.06.